The van der Waals surface area contributed by atoms with Crippen LogP contribution in [-0.4, -0.2) is 50.3 Å². The van der Waals surface area contributed by atoms with Crippen LogP contribution in [0.15, 0.2) is 27.6 Å². The fourth-order valence-corrected chi connectivity index (χ4v) is 5.42. The minimum Gasteiger partial charge on any atom is -0.305 e. The van der Waals surface area contributed by atoms with E-state index in [1.807, 2.05) is 14.0 Å². The van der Waals surface area contributed by atoms with Gasteiger partial charge in [0.05, 0.1) is 4.90 Å². The highest BCUT2D eigenvalue weighted by molar-refractivity contribution is 9.10. The molecule has 0 aromatic heterocycles. The van der Waals surface area contributed by atoms with Crippen LogP contribution in [0.1, 0.15) is 19.8 Å². The van der Waals surface area contributed by atoms with Gasteiger partial charge in [-0.15, -0.1) is 0 Å². The van der Waals surface area contributed by atoms with E-state index >= 15 is 0 Å². The zero-order chi connectivity index (χ0) is 15.6. The average molecular weight is 379 g/mol. The van der Waals surface area contributed by atoms with Gasteiger partial charge in [-0.05, 0) is 60.6 Å². The Morgan fingerprint density at radius 1 is 1.38 bits per heavy atom. The highest BCUT2D eigenvalue weighted by Gasteiger charge is 2.33. The maximum Gasteiger partial charge on any atom is 0.244 e. The van der Waals surface area contributed by atoms with Crippen molar-refractivity contribution in [2.75, 3.05) is 26.7 Å². The molecule has 0 bridgehead atoms. The maximum atomic E-state index is 13.2. The Labute approximate surface area is 134 Å². The summed E-state index contributed by atoms with van der Waals surface area (Å²) in [6.07, 6.45) is 1.55. The van der Waals surface area contributed by atoms with Crippen LogP contribution in [0.2, 0.25) is 0 Å². The second kappa shape index (κ2) is 6.73. The molecule has 1 aromatic rings. The second-order valence-electron chi connectivity index (χ2n) is 5.37. The van der Waals surface area contributed by atoms with E-state index in [-0.39, 0.29) is 15.4 Å². The maximum absolute atomic E-state index is 13.2. The van der Waals surface area contributed by atoms with E-state index in [1.54, 1.807) is 4.31 Å². The first-order valence-corrected chi connectivity index (χ1v) is 9.25. The molecule has 1 aliphatic heterocycles. The standard InChI is InChI=1S/C14H20BrFN2O2S/c1-3-12-10-17(2)7-4-8-18(12)21(19,20)14-6-5-11(16)9-13(14)15/h5-6,9,12H,3-4,7-8,10H2,1-2H3. The average Bonchev–Trinajstić information content (AvgIpc) is 2.59. The van der Waals surface area contributed by atoms with Crippen molar-refractivity contribution >= 4 is 26.0 Å². The van der Waals surface area contributed by atoms with Crippen molar-refractivity contribution in [3.63, 3.8) is 0 Å². The van der Waals surface area contributed by atoms with E-state index in [1.165, 1.54) is 18.2 Å². The van der Waals surface area contributed by atoms with Crippen molar-refractivity contribution in [2.24, 2.45) is 0 Å². The van der Waals surface area contributed by atoms with Gasteiger partial charge in [-0.3, -0.25) is 0 Å². The quantitative estimate of drug-likeness (QED) is 0.811. The van der Waals surface area contributed by atoms with Crippen LogP contribution >= 0.6 is 15.9 Å². The van der Waals surface area contributed by atoms with Gasteiger partial charge >= 0.3 is 0 Å². The number of sulfonamides is 1. The molecule has 0 radical (unpaired) electrons. The molecule has 1 unspecified atom stereocenters. The van der Waals surface area contributed by atoms with Crippen LogP contribution in [0.5, 0.6) is 0 Å². The third-order valence-corrected chi connectivity index (χ3v) is 6.73. The van der Waals surface area contributed by atoms with Crippen LogP contribution in [0.25, 0.3) is 0 Å². The van der Waals surface area contributed by atoms with Crippen molar-refractivity contribution < 1.29 is 12.8 Å². The van der Waals surface area contributed by atoms with E-state index in [4.69, 9.17) is 0 Å². The first-order chi connectivity index (χ1) is 9.86. The summed E-state index contributed by atoms with van der Waals surface area (Å²) in [7, 11) is -1.62. The Balaban J connectivity index is 2.41. The molecule has 4 nitrogen and oxygen atoms in total. The van der Waals surface area contributed by atoms with E-state index in [9.17, 15) is 12.8 Å². The molecule has 1 aliphatic rings. The molecule has 0 spiro atoms. The molecular weight excluding hydrogens is 359 g/mol. The first-order valence-electron chi connectivity index (χ1n) is 7.01. The summed E-state index contributed by atoms with van der Waals surface area (Å²) in [6, 6.07) is 3.65. The van der Waals surface area contributed by atoms with Gasteiger partial charge in [0, 0.05) is 23.6 Å². The second-order valence-corrected chi connectivity index (χ2v) is 8.08. The third kappa shape index (κ3) is 3.64. The van der Waals surface area contributed by atoms with E-state index in [0.29, 0.717) is 13.1 Å². The summed E-state index contributed by atoms with van der Waals surface area (Å²) < 4.78 is 40.8. The first kappa shape index (κ1) is 16.9. The number of likely N-dealkylation sites (N-methyl/N-ethyl adjacent to an activating group) is 1. The van der Waals surface area contributed by atoms with E-state index < -0.39 is 15.8 Å². The van der Waals surface area contributed by atoms with Crippen LogP contribution < -0.4 is 0 Å². The highest BCUT2D eigenvalue weighted by Crippen LogP contribution is 2.28. The molecule has 1 aromatic carbocycles. The van der Waals surface area contributed by atoms with Crippen molar-refractivity contribution in [2.45, 2.75) is 30.7 Å². The lowest BCUT2D eigenvalue weighted by molar-refractivity contribution is 0.270. The molecule has 21 heavy (non-hydrogen) atoms. The molecule has 7 heteroatoms. The van der Waals surface area contributed by atoms with Gasteiger partial charge in [-0.25, -0.2) is 12.8 Å². The van der Waals surface area contributed by atoms with Gasteiger partial charge < -0.3 is 4.90 Å². The Bertz CT molecular complexity index is 609. The van der Waals surface area contributed by atoms with Crippen LogP contribution in [-0.2, 0) is 10.0 Å². The number of rotatable bonds is 3. The number of hydrogen-bond donors (Lipinski definition) is 0. The molecule has 0 amide bonds. The van der Waals surface area contributed by atoms with E-state index in [0.717, 1.165) is 19.4 Å². The van der Waals surface area contributed by atoms with Gasteiger partial charge in [-0.1, -0.05) is 6.92 Å². The molecular formula is C14H20BrFN2O2S. The SMILES string of the molecule is CCC1CN(C)CCCN1S(=O)(=O)c1ccc(F)cc1Br. The Morgan fingerprint density at radius 2 is 2.10 bits per heavy atom. The fourth-order valence-electron chi connectivity index (χ4n) is 2.68. The summed E-state index contributed by atoms with van der Waals surface area (Å²) in [6.45, 7) is 4.09. The molecule has 2 rings (SSSR count). The minimum atomic E-state index is -3.62. The zero-order valence-corrected chi connectivity index (χ0v) is 14.6. The topological polar surface area (TPSA) is 40.6 Å². The lowest BCUT2D eigenvalue weighted by Gasteiger charge is -2.29. The van der Waals surface area contributed by atoms with Crippen molar-refractivity contribution in [1.82, 2.24) is 9.21 Å². The van der Waals surface area contributed by atoms with Gasteiger partial charge in [0.25, 0.3) is 0 Å². The Kier molecular flexibility index (Phi) is 5.40. The van der Waals surface area contributed by atoms with Crippen molar-refractivity contribution in [3.8, 4) is 0 Å². The number of nitrogens with zero attached hydrogens (tertiary/aromatic N) is 2. The summed E-state index contributed by atoms with van der Waals surface area (Å²) in [5, 5.41) is 0. The summed E-state index contributed by atoms with van der Waals surface area (Å²) in [4.78, 5) is 2.29. The predicted octanol–water partition coefficient (Wildman–Crippen LogP) is 2.69. The molecule has 0 saturated carbocycles. The molecule has 118 valence electrons. The Hall–Kier alpha value is -0.500. The van der Waals surface area contributed by atoms with Gasteiger partial charge in [-0.2, -0.15) is 4.31 Å². The van der Waals surface area contributed by atoms with Crippen molar-refractivity contribution in [1.29, 1.82) is 0 Å². The smallest absolute Gasteiger partial charge is 0.244 e. The van der Waals surface area contributed by atoms with Gasteiger partial charge in [0.2, 0.25) is 10.0 Å². The highest BCUT2D eigenvalue weighted by atomic mass is 79.9. The lowest BCUT2D eigenvalue weighted by atomic mass is 10.2. The van der Waals surface area contributed by atoms with E-state index in [2.05, 4.69) is 20.8 Å². The molecule has 1 atom stereocenters. The summed E-state index contributed by atoms with van der Waals surface area (Å²) >= 11 is 3.17. The van der Waals surface area contributed by atoms with Crippen molar-refractivity contribution in [3.05, 3.63) is 28.5 Å². The van der Waals surface area contributed by atoms with Crippen LogP contribution in [0, 0.1) is 5.82 Å². The van der Waals surface area contributed by atoms with Gasteiger partial charge in [0.15, 0.2) is 0 Å². The van der Waals surface area contributed by atoms with Crippen LogP contribution in [0.3, 0.4) is 0 Å². The fraction of sp³-hybridized carbons (Fsp3) is 0.571. The lowest BCUT2D eigenvalue weighted by Crippen LogP contribution is -2.43. The summed E-state index contributed by atoms with van der Waals surface area (Å²) in [5.41, 5.74) is 0. The molecule has 1 heterocycles. The molecule has 0 N–H and O–H groups in total. The predicted molar refractivity (Wildman–Crippen MR) is 84.2 cm³/mol. The number of halogens is 2. The van der Waals surface area contributed by atoms with Crippen LogP contribution in [0.4, 0.5) is 4.39 Å². The molecule has 1 fully saturated rings. The zero-order valence-electron chi connectivity index (χ0n) is 12.2. The number of hydrogen-bond acceptors (Lipinski definition) is 3. The summed E-state index contributed by atoms with van der Waals surface area (Å²) in [5.74, 6) is -0.455. The van der Waals surface area contributed by atoms with Gasteiger partial charge in [0.1, 0.15) is 5.82 Å². The third-order valence-electron chi connectivity index (χ3n) is 3.80. The largest absolute Gasteiger partial charge is 0.305 e. The monoisotopic (exact) mass is 378 g/mol. The normalized spacial score (nSPS) is 22.2. The molecule has 0 aliphatic carbocycles. The minimum absolute atomic E-state index is 0.0561. The Morgan fingerprint density at radius 3 is 2.71 bits per heavy atom. The number of benzene rings is 1. The molecule has 1 saturated heterocycles.